The standard InChI is InChI=1S/C39H62O14/c1-17-7-10-39(48-16-17)18(2)28-24(53-39)12-23-21-6-5-19-11-20(8-9-37(19,3)22(21)13-27(42)38(23,28)4)49-35-33(47)31(45)34(26(15-41)51-35)52-36-32(46)30(44)29(43)25(14-40)50-36/h17-26,28-36,40-41,43-47H,5-16H2,1-4H3/t17?,18?,19?,20?,21?,22?,23?,24?,25-,26-,28?,29-,30+,31-,32-,33-,34+,35-,36+,37?,38?,39?/m1/s1. The molecule has 1 spiro atoms. The van der Waals surface area contributed by atoms with E-state index >= 15 is 0 Å². The van der Waals surface area contributed by atoms with Gasteiger partial charge in [-0.15, -0.1) is 0 Å². The maximum Gasteiger partial charge on any atom is 0.187 e. The predicted octanol–water partition coefficient (Wildman–Crippen LogP) is 0.621. The number of Topliss-reactive ketones (excluding diaryl/α,β-unsaturated/α-hetero) is 1. The first-order chi connectivity index (χ1) is 25.2. The molecule has 0 radical (unpaired) electrons. The summed E-state index contributed by atoms with van der Waals surface area (Å²) in [5.41, 5.74) is -0.453. The van der Waals surface area contributed by atoms with Crippen LogP contribution in [0.15, 0.2) is 0 Å². The predicted molar refractivity (Wildman–Crippen MR) is 183 cm³/mol. The number of fused-ring (bicyclic) bond motifs is 7. The molecule has 8 fully saturated rings. The number of hydrogen-bond acceptors (Lipinski definition) is 14. The Bertz CT molecular complexity index is 1340. The van der Waals surface area contributed by atoms with E-state index < -0.39 is 85.8 Å². The van der Waals surface area contributed by atoms with Crippen molar-refractivity contribution in [2.45, 2.75) is 165 Å². The Hall–Kier alpha value is -0.850. The van der Waals surface area contributed by atoms with Crippen molar-refractivity contribution in [2.24, 2.45) is 52.3 Å². The molecule has 22 atom stereocenters. The van der Waals surface area contributed by atoms with E-state index in [0.29, 0.717) is 48.9 Å². The molecule has 4 heterocycles. The second-order valence-corrected chi connectivity index (χ2v) is 18.6. The number of aliphatic hydroxyl groups excluding tert-OH is 7. The molecule has 4 aliphatic carbocycles. The largest absolute Gasteiger partial charge is 0.394 e. The fraction of sp³-hybridized carbons (Fsp3) is 0.974. The van der Waals surface area contributed by atoms with Gasteiger partial charge in [0.2, 0.25) is 0 Å². The Kier molecular flexibility index (Phi) is 10.5. The molecule has 8 aliphatic rings. The molecule has 4 saturated carbocycles. The molecule has 0 amide bonds. The van der Waals surface area contributed by atoms with Crippen molar-refractivity contribution in [1.29, 1.82) is 0 Å². The summed E-state index contributed by atoms with van der Waals surface area (Å²) >= 11 is 0. The fourth-order valence-corrected chi connectivity index (χ4v) is 12.9. The van der Waals surface area contributed by atoms with Crippen LogP contribution in [0.5, 0.6) is 0 Å². The zero-order chi connectivity index (χ0) is 37.8. The van der Waals surface area contributed by atoms with E-state index in [4.69, 9.17) is 28.4 Å². The summed E-state index contributed by atoms with van der Waals surface area (Å²) < 4.78 is 36.7. The summed E-state index contributed by atoms with van der Waals surface area (Å²) in [5, 5.41) is 72.8. The van der Waals surface area contributed by atoms with Crippen LogP contribution in [0.1, 0.15) is 85.5 Å². The van der Waals surface area contributed by atoms with Gasteiger partial charge in [-0.3, -0.25) is 4.79 Å². The van der Waals surface area contributed by atoms with Gasteiger partial charge in [0, 0.05) is 30.1 Å². The third kappa shape index (κ3) is 6.03. The van der Waals surface area contributed by atoms with Crippen molar-refractivity contribution in [3.05, 3.63) is 0 Å². The van der Waals surface area contributed by atoms with Crippen molar-refractivity contribution in [3.8, 4) is 0 Å². The van der Waals surface area contributed by atoms with Gasteiger partial charge in [-0.25, -0.2) is 0 Å². The maximum atomic E-state index is 14.5. The second kappa shape index (κ2) is 14.2. The van der Waals surface area contributed by atoms with E-state index in [2.05, 4.69) is 27.7 Å². The van der Waals surface area contributed by atoms with Crippen LogP contribution in [0, 0.1) is 52.3 Å². The van der Waals surface area contributed by atoms with Gasteiger partial charge < -0.3 is 64.2 Å². The zero-order valence-electron chi connectivity index (χ0n) is 31.4. The zero-order valence-corrected chi connectivity index (χ0v) is 31.4. The van der Waals surface area contributed by atoms with Crippen LogP contribution in [0.2, 0.25) is 0 Å². The monoisotopic (exact) mass is 754 g/mol. The van der Waals surface area contributed by atoms with E-state index in [9.17, 15) is 40.5 Å². The lowest BCUT2D eigenvalue weighted by Gasteiger charge is -2.60. The number of carbonyl (C=O) groups excluding carboxylic acids is 1. The average Bonchev–Trinajstić information content (AvgIpc) is 3.59. The summed E-state index contributed by atoms with van der Waals surface area (Å²) in [7, 11) is 0. The molecule has 14 heteroatoms. The first-order valence-corrected chi connectivity index (χ1v) is 20.3. The molecule has 8 rings (SSSR count). The number of ether oxygens (including phenoxy) is 6. The van der Waals surface area contributed by atoms with E-state index in [0.717, 1.165) is 44.9 Å². The molecule has 4 saturated heterocycles. The third-order valence-corrected chi connectivity index (χ3v) is 16.0. The summed E-state index contributed by atoms with van der Waals surface area (Å²) in [6, 6.07) is 0. The first kappa shape index (κ1) is 39.0. The molecule has 7 N–H and O–H groups in total. The van der Waals surface area contributed by atoms with Crippen molar-refractivity contribution >= 4 is 5.78 Å². The lowest BCUT2D eigenvalue weighted by atomic mass is 9.44. The van der Waals surface area contributed by atoms with E-state index in [1.807, 2.05) is 0 Å². The lowest BCUT2D eigenvalue weighted by Crippen LogP contribution is -2.65. The Labute approximate surface area is 311 Å². The van der Waals surface area contributed by atoms with Gasteiger partial charge in [-0.05, 0) is 80.0 Å². The van der Waals surface area contributed by atoms with Crippen molar-refractivity contribution in [1.82, 2.24) is 0 Å². The number of ketones is 1. The molecule has 302 valence electrons. The summed E-state index contributed by atoms with van der Waals surface area (Å²) in [6.45, 7) is 8.51. The minimum Gasteiger partial charge on any atom is -0.394 e. The molecule has 12 unspecified atom stereocenters. The molecular formula is C39H62O14. The van der Waals surface area contributed by atoms with E-state index in [1.54, 1.807) is 0 Å². The third-order valence-electron chi connectivity index (χ3n) is 16.0. The van der Waals surface area contributed by atoms with Crippen LogP contribution in [-0.4, -0.2) is 141 Å². The average molecular weight is 755 g/mol. The van der Waals surface area contributed by atoms with Gasteiger partial charge in [-0.1, -0.05) is 27.7 Å². The van der Waals surface area contributed by atoms with Crippen molar-refractivity contribution < 1.29 is 69.0 Å². The van der Waals surface area contributed by atoms with Crippen molar-refractivity contribution in [3.63, 3.8) is 0 Å². The van der Waals surface area contributed by atoms with Gasteiger partial charge in [0.25, 0.3) is 0 Å². The number of aliphatic hydroxyl groups is 7. The fourth-order valence-electron chi connectivity index (χ4n) is 12.9. The highest BCUT2D eigenvalue weighted by Gasteiger charge is 2.72. The first-order valence-electron chi connectivity index (χ1n) is 20.3. The van der Waals surface area contributed by atoms with Gasteiger partial charge in [0.05, 0.1) is 32.0 Å². The van der Waals surface area contributed by atoms with E-state index in [1.165, 1.54) is 0 Å². The van der Waals surface area contributed by atoms with Crippen LogP contribution in [0.4, 0.5) is 0 Å². The SMILES string of the molecule is CC1CCC2(OC1)OC1CC3C4CCC5CC(O[C@@H]6O[C@H](CO)[C@H](O[C@@H]7O[C@H](CO)[C@@H](O)[C@H](O)[C@H]7O)[C@H](O)[C@H]6O)CCC5(C)C4CC(=O)C3(C)C1C2C. The smallest absolute Gasteiger partial charge is 0.187 e. The molecular weight excluding hydrogens is 692 g/mol. The highest BCUT2D eigenvalue weighted by Crippen LogP contribution is 2.70. The minimum absolute atomic E-state index is 0.0443. The molecule has 14 nitrogen and oxygen atoms in total. The van der Waals surface area contributed by atoms with Crippen LogP contribution in [-0.2, 0) is 33.2 Å². The van der Waals surface area contributed by atoms with Gasteiger partial charge in [-0.2, -0.15) is 0 Å². The van der Waals surface area contributed by atoms with Gasteiger partial charge >= 0.3 is 0 Å². The maximum absolute atomic E-state index is 14.5. The number of rotatable bonds is 6. The molecule has 0 aromatic carbocycles. The molecule has 4 aliphatic heterocycles. The number of carbonyl (C=O) groups is 1. The molecule has 0 bridgehead atoms. The Morgan fingerprint density at radius 2 is 1.47 bits per heavy atom. The highest BCUT2D eigenvalue weighted by atomic mass is 16.7. The van der Waals surface area contributed by atoms with Crippen LogP contribution < -0.4 is 0 Å². The summed E-state index contributed by atoms with van der Waals surface area (Å²) in [6.07, 6.45) is -7.31. The normalized spacial score (nSPS) is 58.2. The topological polar surface area (TPSA) is 214 Å². The van der Waals surface area contributed by atoms with Gasteiger partial charge in [0.15, 0.2) is 18.4 Å². The summed E-state index contributed by atoms with van der Waals surface area (Å²) in [4.78, 5) is 14.5. The minimum atomic E-state index is -1.73. The molecule has 0 aromatic rings. The highest BCUT2D eigenvalue weighted by molar-refractivity contribution is 5.87. The van der Waals surface area contributed by atoms with Crippen molar-refractivity contribution in [2.75, 3.05) is 19.8 Å². The Morgan fingerprint density at radius 3 is 2.17 bits per heavy atom. The lowest BCUT2D eigenvalue weighted by molar-refractivity contribution is -0.364. The summed E-state index contributed by atoms with van der Waals surface area (Å²) in [5.74, 6) is 2.02. The Balaban J connectivity index is 0.909. The van der Waals surface area contributed by atoms with Crippen LogP contribution in [0.3, 0.4) is 0 Å². The van der Waals surface area contributed by atoms with Crippen LogP contribution in [0.25, 0.3) is 0 Å². The van der Waals surface area contributed by atoms with Crippen LogP contribution >= 0.6 is 0 Å². The quantitative estimate of drug-likeness (QED) is 0.185. The van der Waals surface area contributed by atoms with E-state index in [-0.39, 0.29) is 35.4 Å². The number of hydrogen-bond donors (Lipinski definition) is 7. The Morgan fingerprint density at radius 1 is 0.774 bits per heavy atom. The molecule has 0 aromatic heterocycles. The molecule has 53 heavy (non-hydrogen) atoms. The van der Waals surface area contributed by atoms with Gasteiger partial charge in [0.1, 0.15) is 54.6 Å². The second-order valence-electron chi connectivity index (χ2n) is 18.6.